The van der Waals surface area contributed by atoms with Crippen molar-refractivity contribution in [3.05, 3.63) is 65.6 Å². The molecule has 0 atom stereocenters. The van der Waals surface area contributed by atoms with E-state index in [1.807, 2.05) is 24.7 Å². The van der Waals surface area contributed by atoms with Gasteiger partial charge in [-0.15, -0.1) is 0 Å². The molecule has 1 aromatic carbocycles. The Morgan fingerprint density at radius 1 is 1.17 bits per heavy atom. The minimum atomic E-state index is -1.26. The number of ketones is 1. The number of aromatic amines is 1. The molecule has 0 aliphatic rings. The summed E-state index contributed by atoms with van der Waals surface area (Å²) in [5, 5.41) is 16.4. The van der Waals surface area contributed by atoms with E-state index in [2.05, 4.69) is 9.97 Å². The van der Waals surface area contributed by atoms with Gasteiger partial charge in [0.2, 0.25) is 0 Å². The summed E-state index contributed by atoms with van der Waals surface area (Å²) < 4.78 is 15.3. The maximum atomic E-state index is 13.4. The molecule has 0 fully saturated rings. The van der Waals surface area contributed by atoms with Gasteiger partial charge < -0.3 is 19.8 Å². The molecule has 0 amide bonds. The van der Waals surface area contributed by atoms with Crippen LogP contribution in [0.4, 0.5) is 4.39 Å². The molecular weight excluding hydrogens is 381 g/mol. The molecular formula is C20H20FN3O5. The molecule has 9 heteroatoms. The molecule has 0 saturated carbocycles. The smallest absolute Gasteiger partial charge is 0.328 e. The van der Waals surface area contributed by atoms with Crippen LogP contribution in [-0.4, -0.2) is 42.5 Å². The predicted molar refractivity (Wildman–Crippen MR) is 103 cm³/mol. The maximum absolute atomic E-state index is 13.4. The molecule has 0 aliphatic carbocycles. The molecule has 0 aliphatic heterocycles. The van der Waals surface area contributed by atoms with Gasteiger partial charge in [0, 0.05) is 48.4 Å². The van der Waals surface area contributed by atoms with Gasteiger partial charge in [0.1, 0.15) is 11.6 Å². The number of H-pyrrole nitrogens is 1. The second-order valence-electron chi connectivity index (χ2n) is 6.30. The lowest BCUT2D eigenvalue weighted by molar-refractivity contribution is -0.134. The average molecular weight is 401 g/mol. The fourth-order valence-electron chi connectivity index (χ4n) is 2.76. The minimum Gasteiger partial charge on any atom is -0.478 e. The third-order valence-corrected chi connectivity index (χ3v) is 4.09. The standard InChI is InChI=1S/C16H16FN3O.C4H4O4/c1-10-15(19-9-18-10)7-13(21)5-11-8-20(2)16-4-3-12(17)6-14(11)16;5-3(6)1-2-4(7)8/h3-4,6,8-9H,5,7H2,1-2H3,(H,18,19);1-2H,(H,5,6)(H,7,8)/b;2-1-. The van der Waals surface area contributed by atoms with E-state index in [0.29, 0.717) is 18.6 Å². The fraction of sp³-hybridized carbons (Fsp3) is 0.200. The zero-order valence-corrected chi connectivity index (χ0v) is 15.8. The Hall–Kier alpha value is -3.75. The van der Waals surface area contributed by atoms with Gasteiger partial charge in [0.25, 0.3) is 0 Å². The molecule has 0 spiro atoms. The second kappa shape index (κ2) is 9.45. The Morgan fingerprint density at radius 3 is 2.38 bits per heavy atom. The maximum Gasteiger partial charge on any atom is 0.328 e. The molecule has 0 bridgehead atoms. The number of fused-ring (bicyclic) bond motifs is 1. The number of nitrogens with one attached hydrogen (secondary N) is 1. The van der Waals surface area contributed by atoms with Crippen LogP contribution in [-0.2, 0) is 34.3 Å². The highest BCUT2D eigenvalue weighted by Gasteiger charge is 2.13. The summed E-state index contributed by atoms with van der Waals surface area (Å²) >= 11 is 0. The molecule has 0 saturated heterocycles. The van der Waals surface area contributed by atoms with Gasteiger partial charge in [-0.1, -0.05) is 0 Å². The van der Waals surface area contributed by atoms with Crippen LogP contribution in [0.3, 0.4) is 0 Å². The van der Waals surface area contributed by atoms with E-state index in [4.69, 9.17) is 10.2 Å². The van der Waals surface area contributed by atoms with Crippen LogP contribution in [0.1, 0.15) is 17.0 Å². The van der Waals surface area contributed by atoms with Crippen molar-refractivity contribution in [2.75, 3.05) is 0 Å². The first kappa shape index (κ1) is 21.5. The van der Waals surface area contributed by atoms with Crippen molar-refractivity contribution >= 4 is 28.6 Å². The first-order chi connectivity index (χ1) is 13.7. The summed E-state index contributed by atoms with van der Waals surface area (Å²) in [5.74, 6) is -2.73. The number of imidazole rings is 1. The first-order valence-corrected chi connectivity index (χ1v) is 8.55. The number of halogens is 1. The number of rotatable bonds is 6. The van der Waals surface area contributed by atoms with E-state index in [0.717, 1.165) is 27.9 Å². The third-order valence-electron chi connectivity index (χ3n) is 4.09. The second-order valence-corrected chi connectivity index (χ2v) is 6.30. The number of carboxylic acids is 2. The van der Waals surface area contributed by atoms with Crippen molar-refractivity contribution in [2.24, 2.45) is 7.05 Å². The highest BCUT2D eigenvalue weighted by Crippen LogP contribution is 2.22. The van der Waals surface area contributed by atoms with Crippen LogP contribution in [0, 0.1) is 12.7 Å². The van der Waals surface area contributed by atoms with Crippen molar-refractivity contribution in [2.45, 2.75) is 19.8 Å². The van der Waals surface area contributed by atoms with E-state index in [-0.39, 0.29) is 18.0 Å². The number of carboxylic acid groups (broad SMARTS) is 2. The summed E-state index contributed by atoms with van der Waals surface area (Å²) in [7, 11) is 1.89. The van der Waals surface area contributed by atoms with Crippen LogP contribution in [0.25, 0.3) is 10.9 Å². The van der Waals surface area contributed by atoms with E-state index in [1.54, 1.807) is 12.4 Å². The van der Waals surface area contributed by atoms with Gasteiger partial charge in [-0.2, -0.15) is 0 Å². The number of aryl methyl sites for hydroxylation is 2. The van der Waals surface area contributed by atoms with Crippen molar-refractivity contribution in [3.63, 3.8) is 0 Å². The lowest BCUT2D eigenvalue weighted by atomic mass is 10.0. The zero-order valence-electron chi connectivity index (χ0n) is 15.8. The van der Waals surface area contributed by atoms with Crippen molar-refractivity contribution in [1.29, 1.82) is 0 Å². The van der Waals surface area contributed by atoms with Crippen LogP contribution in [0.2, 0.25) is 0 Å². The number of nitrogens with zero attached hydrogens (tertiary/aromatic N) is 2. The van der Waals surface area contributed by atoms with Gasteiger partial charge in [0.15, 0.2) is 0 Å². The minimum absolute atomic E-state index is 0.0713. The Kier molecular flexibility index (Phi) is 7.02. The quantitative estimate of drug-likeness (QED) is 0.545. The summed E-state index contributed by atoms with van der Waals surface area (Å²) in [6.07, 6.45) is 5.17. The number of carbonyl (C=O) groups is 3. The molecule has 8 nitrogen and oxygen atoms in total. The van der Waals surface area contributed by atoms with E-state index >= 15 is 0 Å². The van der Waals surface area contributed by atoms with Gasteiger partial charge in [0.05, 0.1) is 18.4 Å². The third kappa shape index (κ3) is 6.13. The Balaban J connectivity index is 0.000000321. The molecule has 2 aromatic heterocycles. The van der Waals surface area contributed by atoms with Crippen molar-refractivity contribution in [3.8, 4) is 0 Å². The molecule has 0 radical (unpaired) electrons. The average Bonchev–Trinajstić information content (AvgIpc) is 3.17. The number of Topliss-reactive ketones (excluding diaryl/α,β-unsaturated/α-hetero) is 1. The topological polar surface area (TPSA) is 125 Å². The first-order valence-electron chi connectivity index (χ1n) is 8.55. The monoisotopic (exact) mass is 401 g/mol. The van der Waals surface area contributed by atoms with E-state index in [9.17, 15) is 18.8 Å². The molecule has 0 unspecified atom stereocenters. The van der Waals surface area contributed by atoms with Crippen molar-refractivity contribution < 1.29 is 29.0 Å². The molecule has 3 N–H and O–H groups in total. The summed E-state index contributed by atoms with van der Waals surface area (Å²) in [6, 6.07) is 4.65. The number of benzene rings is 1. The normalized spacial score (nSPS) is 10.7. The van der Waals surface area contributed by atoms with Crippen LogP contribution in [0.15, 0.2) is 42.9 Å². The van der Waals surface area contributed by atoms with Crippen LogP contribution in [0.5, 0.6) is 0 Å². The largest absolute Gasteiger partial charge is 0.478 e. The lowest BCUT2D eigenvalue weighted by Gasteiger charge is -2.00. The SMILES string of the molecule is Cc1[nH]cnc1CC(=O)Cc1cn(C)c2ccc(F)cc12.O=C(O)/C=C\C(=O)O. The highest BCUT2D eigenvalue weighted by atomic mass is 19.1. The molecule has 3 rings (SSSR count). The Morgan fingerprint density at radius 2 is 1.83 bits per heavy atom. The van der Waals surface area contributed by atoms with Crippen LogP contribution >= 0.6 is 0 Å². The zero-order chi connectivity index (χ0) is 21.6. The highest BCUT2D eigenvalue weighted by molar-refractivity contribution is 5.91. The van der Waals surface area contributed by atoms with Gasteiger partial charge in [-0.3, -0.25) is 4.79 Å². The summed E-state index contributed by atoms with van der Waals surface area (Å²) in [5.41, 5.74) is 3.46. The van der Waals surface area contributed by atoms with E-state index in [1.165, 1.54) is 12.1 Å². The number of aromatic nitrogens is 3. The van der Waals surface area contributed by atoms with Gasteiger partial charge in [-0.05, 0) is 30.7 Å². The Labute approximate surface area is 165 Å². The van der Waals surface area contributed by atoms with E-state index < -0.39 is 11.9 Å². The number of hydrogen-bond acceptors (Lipinski definition) is 4. The van der Waals surface area contributed by atoms with Crippen molar-refractivity contribution in [1.82, 2.24) is 14.5 Å². The number of aliphatic carboxylic acids is 2. The summed E-state index contributed by atoms with van der Waals surface area (Å²) in [4.78, 5) is 38.4. The molecule has 29 heavy (non-hydrogen) atoms. The molecule has 152 valence electrons. The number of carbonyl (C=O) groups excluding carboxylic acids is 1. The molecule has 2 heterocycles. The lowest BCUT2D eigenvalue weighted by Crippen LogP contribution is -2.07. The number of hydrogen-bond donors (Lipinski definition) is 3. The molecule has 3 aromatic rings. The predicted octanol–water partition coefficient (Wildman–Crippen LogP) is 2.42. The summed E-state index contributed by atoms with van der Waals surface area (Å²) in [6.45, 7) is 1.89. The fourth-order valence-corrected chi connectivity index (χ4v) is 2.76. The van der Waals surface area contributed by atoms with Gasteiger partial charge >= 0.3 is 11.9 Å². The van der Waals surface area contributed by atoms with Gasteiger partial charge in [-0.25, -0.2) is 19.0 Å². The van der Waals surface area contributed by atoms with Crippen LogP contribution < -0.4 is 0 Å². The Bertz CT molecular complexity index is 1070.